The van der Waals surface area contributed by atoms with Crippen LogP contribution in [0, 0.1) is 5.95 Å². The Morgan fingerprint density at radius 3 is 3.07 bits per heavy atom. The van der Waals surface area contributed by atoms with E-state index in [2.05, 4.69) is 16.9 Å². The summed E-state index contributed by atoms with van der Waals surface area (Å²) in [6, 6.07) is 0. The maximum atomic E-state index is 13.5. The van der Waals surface area contributed by atoms with Gasteiger partial charge in [0.25, 0.3) is 0 Å². The summed E-state index contributed by atoms with van der Waals surface area (Å²) in [5.74, 6) is 0.237. The molecule has 1 aromatic rings. The Hall–Kier alpha value is -1.03. The van der Waals surface area contributed by atoms with E-state index in [1.807, 2.05) is 0 Å². The summed E-state index contributed by atoms with van der Waals surface area (Å²) in [7, 11) is 0. The van der Waals surface area contributed by atoms with Gasteiger partial charge in [0.05, 0.1) is 24.5 Å². The van der Waals surface area contributed by atoms with Crippen molar-refractivity contribution in [1.82, 2.24) is 9.97 Å². The molecule has 0 unspecified atom stereocenters. The standard InChI is InChI=1S/C11H15FN2O/c1-2-3-4-10-13-9-5-6-15-7-8(9)11(12)14-10/h2-7H2,1H3. The van der Waals surface area contributed by atoms with Gasteiger partial charge >= 0.3 is 0 Å². The zero-order chi connectivity index (χ0) is 10.7. The normalized spacial score (nSPS) is 15.1. The van der Waals surface area contributed by atoms with Crippen LogP contribution < -0.4 is 0 Å². The molecule has 0 fully saturated rings. The van der Waals surface area contributed by atoms with Crippen LogP contribution in [0.2, 0.25) is 0 Å². The second-order valence-corrected chi connectivity index (χ2v) is 3.76. The van der Waals surface area contributed by atoms with Crippen molar-refractivity contribution in [3.05, 3.63) is 23.0 Å². The van der Waals surface area contributed by atoms with E-state index < -0.39 is 5.95 Å². The quantitative estimate of drug-likeness (QED) is 0.716. The topological polar surface area (TPSA) is 35.0 Å². The molecule has 0 atom stereocenters. The first-order chi connectivity index (χ1) is 7.31. The molecular weight excluding hydrogens is 195 g/mol. The number of hydrogen-bond donors (Lipinski definition) is 0. The Kier molecular flexibility index (Phi) is 3.26. The molecule has 0 bridgehead atoms. The average molecular weight is 210 g/mol. The third-order valence-electron chi connectivity index (χ3n) is 2.57. The second kappa shape index (κ2) is 4.66. The molecule has 1 aromatic heterocycles. The largest absolute Gasteiger partial charge is 0.376 e. The number of hydrogen-bond acceptors (Lipinski definition) is 3. The zero-order valence-corrected chi connectivity index (χ0v) is 8.92. The van der Waals surface area contributed by atoms with Crippen molar-refractivity contribution in [2.45, 2.75) is 39.2 Å². The van der Waals surface area contributed by atoms with Crippen LogP contribution in [0.15, 0.2) is 0 Å². The fraction of sp³-hybridized carbons (Fsp3) is 0.636. The SMILES string of the molecule is CCCCc1nc(F)c2c(n1)CCOC2. The highest BCUT2D eigenvalue weighted by Gasteiger charge is 2.17. The Morgan fingerprint density at radius 2 is 2.27 bits per heavy atom. The van der Waals surface area contributed by atoms with Crippen molar-refractivity contribution in [2.24, 2.45) is 0 Å². The second-order valence-electron chi connectivity index (χ2n) is 3.76. The van der Waals surface area contributed by atoms with Gasteiger partial charge in [0.1, 0.15) is 5.82 Å². The molecule has 3 nitrogen and oxygen atoms in total. The molecule has 0 spiro atoms. The van der Waals surface area contributed by atoms with Crippen LogP contribution in [0.5, 0.6) is 0 Å². The van der Waals surface area contributed by atoms with Crippen molar-refractivity contribution in [3.8, 4) is 0 Å². The molecule has 0 aromatic carbocycles. The van der Waals surface area contributed by atoms with Crippen LogP contribution >= 0.6 is 0 Å². The Morgan fingerprint density at radius 1 is 1.40 bits per heavy atom. The molecule has 1 aliphatic rings. The van der Waals surface area contributed by atoms with Crippen LogP contribution in [-0.2, 0) is 24.2 Å². The number of aryl methyl sites for hydroxylation is 1. The highest BCUT2D eigenvalue weighted by molar-refractivity contribution is 5.20. The summed E-state index contributed by atoms with van der Waals surface area (Å²) < 4.78 is 18.7. The van der Waals surface area contributed by atoms with Gasteiger partial charge in [0, 0.05) is 12.8 Å². The van der Waals surface area contributed by atoms with Gasteiger partial charge in [-0.25, -0.2) is 9.97 Å². The molecule has 82 valence electrons. The van der Waals surface area contributed by atoms with Crippen LogP contribution in [0.1, 0.15) is 36.8 Å². The van der Waals surface area contributed by atoms with E-state index in [-0.39, 0.29) is 0 Å². The molecule has 2 heterocycles. The number of halogens is 1. The van der Waals surface area contributed by atoms with Crippen LogP contribution in [0.3, 0.4) is 0 Å². The van der Waals surface area contributed by atoms with Crippen LogP contribution in [-0.4, -0.2) is 16.6 Å². The Balaban J connectivity index is 2.24. The van der Waals surface area contributed by atoms with E-state index in [1.54, 1.807) is 0 Å². The van der Waals surface area contributed by atoms with Gasteiger partial charge in [-0.1, -0.05) is 13.3 Å². The lowest BCUT2D eigenvalue weighted by molar-refractivity contribution is 0.105. The highest BCUT2D eigenvalue weighted by atomic mass is 19.1. The third kappa shape index (κ3) is 2.31. The molecular formula is C11H15FN2O. The number of fused-ring (bicyclic) bond motifs is 1. The van der Waals surface area contributed by atoms with E-state index in [0.717, 1.165) is 25.0 Å². The van der Waals surface area contributed by atoms with Crippen molar-refractivity contribution in [1.29, 1.82) is 0 Å². The molecule has 0 aliphatic carbocycles. The van der Waals surface area contributed by atoms with Crippen molar-refractivity contribution < 1.29 is 9.13 Å². The predicted molar refractivity (Wildman–Crippen MR) is 54.0 cm³/mol. The number of nitrogens with zero attached hydrogens (tertiary/aromatic N) is 2. The average Bonchev–Trinajstić information content (AvgIpc) is 2.26. The van der Waals surface area contributed by atoms with Crippen LogP contribution in [0.25, 0.3) is 0 Å². The Bertz CT molecular complexity index is 355. The van der Waals surface area contributed by atoms with Gasteiger partial charge in [-0.15, -0.1) is 0 Å². The van der Waals surface area contributed by atoms with Gasteiger partial charge in [0.2, 0.25) is 5.95 Å². The first kappa shape index (κ1) is 10.5. The molecule has 1 aliphatic heterocycles. The van der Waals surface area contributed by atoms with Crippen molar-refractivity contribution in [3.63, 3.8) is 0 Å². The van der Waals surface area contributed by atoms with Gasteiger partial charge in [0.15, 0.2) is 0 Å². The molecule has 2 rings (SSSR count). The van der Waals surface area contributed by atoms with Gasteiger partial charge < -0.3 is 4.74 Å². The lowest BCUT2D eigenvalue weighted by atomic mass is 10.1. The van der Waals surface area contributed by atoms with E-state index in [4.69, 9.17) is 4.74 Å². The minimum Gasteiger partial charge on any atom is -0.376 e. The summed E-state index contributed by atoms with van der Waals surface area (Å²) in [6.45, 7) is 3.05. The monoisotopic (exact) mass is 210 g/mol. The summed E-state index contributed by atoms with van der Waals surface area (Å²) in [5, 5.41) is 0. The maximum absolute atomic E-state index is 13.5. The summed E-state index contributed by atoms with van der Waals surface area (Å²) in [5.41, 5.74) is 1.38. The number of rotatable bonds is 3. The molecule has 0 N–H and O–H groups in total. The molecule has 4 heteroatoms. The van der Waals surface area contributed by atoms with Crippen LogP contribution in [0.4, 0.5) is 4.39 Å². The van der Waals surface area contributed by atoms with Gasteiger partial charge in [-0.05, 0) is 6.42 Å². The lowest BCUT2D eigenvalue weighted by Crippen LogP contribution is -2.16. The van der Waals surface area contributed by atoms with Gasteiger partial charge in [-0.3, -0.25) is 0 Å². The fourth-order valence-electron chi connectivity index (χ4n) is 1.69. The highest BCUT2D eigenvalue weighted by Crippen LogP contribution is 2.17. The minimum atomic E-state index is -0.397. The molecule has 0 radical (unpaired) electrons. The molecule has 0 amide bonds. The number of aromatic nitrogens is 2. The summed E-state index contributed by atoms with van der Waals surface area (Å²) >= 11 is 0. The molecule has 0 saturated carbocycles. The maximum Gasteiger partial charge on any atom is 0.221 e. The number of unbranched alkanes of at least 4 members (excludes halogenated alkanes) is 1. The third-order valence-corrected chi connectivity index (χ3v) is 2.57. The van der Waals surface area contributed by atoms with Crippen molar-refractivity contribution in [2.75, 3.05) is 6.61 Å². The first-order valence-electron chi connectivity index (χ1n) is 5.43. The number of ether oxygens (including phenoxy) is 1. The summed E-state index contributed by atoms with van der Waals surface area (Å²) in [6.07, 6.45) is 3.55. The van der Waals surface area contributed by atoms with E-state index in [9.17, 15) is 4.39 Å². The smallest absolute Gasteiger partial charge is 0.221 e. The van der Waals surface area contributed by atoms with Gasteiger partial charge in [-0.2, -0.15) is 4.39 Å². The fourth-order valence-corrected chi connectivity index (χ4v) is 1.69. The first-order valence-corrected chi connectivity index (χ1v) is 5.43. The van der Waals surface area contributed by atoms with Crippen molar-refractivity contribution >= 4 is 0 Å². The lowest BCUT2D eigenvalue weighted by Gasteiger charge is -2.16. The Labute approximate surface area is 88.7 Å². The molecule has 0 saturated heterocycles. The minimum absolute atomic E-state index is 0.315. The van der Waals surface area contributed by atoms with E-state index in [0.29, 0.717) is 31.0 Å². The molecule has 15 heavy (non-hydrogen) atoms. The zero-order valence-electron chi connectivity index (χ0n) is 8.92. The predicted octanol–water partition coefficient (Wildman–Crippen LogP) is 2.03. The van der Waals surface area contributed by atoms with E-state index in [1.165, 1.54) is 0 Å². The summed E-state index contributed by atoms with van der Waals surface area (Å²) in [4.78, 5) is 8.25. The van der Waals surface area contributed by atoms with E-state index >= 15 is 0 Å².